The highest BCUT2D eigenvalue weighted by Gasteiger charge is 2.44. The number of amides is 3. The number of fused-ring (bicyclic) bond motifs is 2. The van der Waals surface area contributed by atoms with Crippen molar-refractivity contribution in [1.82, 2.24) is 40.0 Å². The predicted octanol–water partition coefficient (Wildman–Crippen LogP) is 4.33. The Morgan fingerprint density at radius 2 is 1.84 bits per heavy atom. The molecule has 17 nitrogen and oxygen atoms in total. The Hall–Kier alpha value is -6.21. The zero-order valence-electron chi connectivity index (χ0n) is 35.4. The van der Waals surface area contributed by atoms with Crippen molar-refractivity contribution in [2.45, 2.75) is 65.4 Å². The van der Waals surface area contributed by atoms with E-state index in [1.165, 1.54) is 11.2 Å². The van der Waals surface area contributed by atoms with Gasteiger partial charge in [0, 0.05) is 56.4 Å². The second kappa shape index (κ2) is 19.2. The van der Waals surface area contributed by atoms with Gasteiger partial charge < -0.3 is 50.3 Å². The molecule has 6 aromatic rings. The number of aryl methyl sites for hydroxylation is 1. The lowest BCUT2D eigenvalue weighted by atomic mass is 9.85. The molecule has 6 N–H and O–H groups in total. The van der Waals surface area contributed by atoms with Crippen LogP contribution in [-0.2, 0) is 36.9 Å². The van der Waals surface area contributed by atoms with Crippen molar-refractivity contribution < 1.29 is 29.0 Å². The topological polar surface area (TPSA) is 218 Å². The Balaban J connectivity index is 0.866. The lowest BCUT2D eigenvalue weighted by Gasteiger charge is -2.35. The number of thiazole rings is 1. The highest BCUT2D eigenvalue weighted by molar-refractivity contribution is 7.13. The van der Waals surface area contributed by atoms with E-state index >= 15 is 0 Å². The molecular formula is C44H52N10O7S. The number of aromatic nitrogens is 5. The Labute approximate surface area is 362 Å². The molecule has 7 rings (SSSR count). The van der Waals surface area contributed by atoms with Crippen molar-refractivity contribution in [3.8, 4) is 10.4 Å². The number of β-amino-alcohol motifs (C(OH)–C–C–N with tert-alkyl or cyclic N) is 1. The lowest BCUT2D eigenvalue weighted by molar-refractivity contribution is -0.144. The molecule has 62 heavy (non-hydrogen) atoms. The number of H-pyrrole nitrogens is 1. The molecule has 4 aromatic heterocycles. The number of hydrogen-bond donors (Lipinski definition) is 6. The zero-order valence-corrected chi connectivity index (χ0v) is 36.2. The predicted molar refractivity (Wildman–Crippen MR) is 238 cm³/mol. The number of nitrogens with one attached hydrogen (secondary N) is 5. The lowest BCUT2D eigenvalue weighted by Crippen LogP contribution is -2.58. The molecule has 1 aliphatic rings. The standard InChI is InChI=1S/C44H52N10O7S/c1-26-38(62-25-49-26)28-11-9-27(10-12-28)21-46-41(57)34-19-29(55)22-54(34)43(59)39(44(2,3)4)52-36(56)23-61-18-17-60-16-15-53-14-13-30-31(7-6-8-33(30)53)50-40-37-32(20-35(45-5)51-40)47-24-48-42(37)58/h6-14,20,24-25,29,34,39,55H,15-19,21-23H2,1-5H3,(H,46,57)(H,52,56)(H2,45,50,51)(H,47,48,58)/t29-,34+,39-/m1/s1. The minimum Gasteiger partial charge on any atom is -0.391 e. The van der Waals surface area contributed by atoms with E-state index < -0.39 is 35.4 Å². The number of aliphatic hydroxyl groups is 1. The van der Waals surface area contributed by atoms with Crippen molar-refractivity contribution in [2.75, 3.05) is 50.7 Å². The summed E-state index contributed by atoms with van der Waals surface area (Å²) in [6.07, 6.45) is 2.54. The highest BCUT2D eigenvalue weighted by Crippen LogP contribution is 2.31. The summed E-state index contributed by atoms with van der Waals surface area (Å²) in [5.41, 5.74) is 5.95. The van der Waals surface area contributed by atoms with Gasteiger partial charge in [-0.25, -0.2) is 15.0 Å². The van der Waals surface area contributed by atoms with Crippen LogP contribution < -0.4 is 26.8 Å². The number of benzene rings is 2. The van der Waals surface area contributed by atoms with Crippen molar-refractivity contribution in [3.05, 3.63) is 94.2 Å². The van der Waals surface area contributed by atoms with Gasteiger partial charge >= 0.3 is 0 Å². The van der Waals surface area contributed by atoms with Gasteiger partial charge in [0.25, 0.3) is 5.56 Å². The smallest absolute Gasteiger partial charge is 0.262 e. The third-order valence-electron chi connectivity index (χ3n) is 10.7. The maximum atomic E-state index is 14.0. The molecule has 2 aromatic carbocycles. The number of ether oxygens (including phenoxy) is 2. The first-order valence-corrected chi connectivity index (χ1v) is 21.3. The summed E-state index contributed by atoms with van der Waals surface area (Å²) in [5, 5.41) is 23.9. The van der Waals surface area contributed by atoms with Crippen LogP contribution in [0.4, 0.5) is 17.3 Å². The second-order valence-corrected chi connectivity index (χ2v) is 17.1. The normalized spacial score (nSPS) is 15.8. The Morgan fingerprint density at radius 3 is 2.58 bits per heavy atom. The molecule has 1 saturated heterocycles. The third kappa shape index (κ3) is 10.1. The second-order valence-electron chi connectivity index (χ2n) is 16.2. The molecule has 0 spiro atoms. The molecule has 3 atom stereocenters. The van der Waals surface area contributed by atoms with Crippen LogP contribution in [0, 0.1) is 12.3 Å². The number of rotatable bonds is 17. The van der Waals surface area contributed by atoms with Crippen molar-refractivity contribution in [3.63, 3.8) is 0 Å². The first-order chi connectivity index (χ1) is 29.8. The Morgan fingerprint density at radius 1 is 1.05 bits per heavy atom. The van der Waals surface area contributed by atoms with Crippen molar-refractivity contribution in [2.24, 2.45) is 5.41 Å². The molecule has 0 aliphatic carbocycles. The van der Waals surface area contributed by atoms with Crippen LogP contribution >= 0.6 is 11.3 Å². The average Bonchev–Trinajstić information content (AvgIpc) is 3.99. The van der Waals surface area contributed by atoms with Crippen LogP contribution in [0.25, 0.3) is 32.2 Å². The van der Waals surface area contributed by atoms with Gasteiger partial charge in [0.15, 0.2) is 0 Å². The molecule has 1 fully saturated rings. The Bertz CT molecular complexity index is 2600. The first-order valence-electron chi connectivity index (χ1n) is 20.4. The van der Waals surface area contributed by atoms with Crippen LogP contribution in [-0.4, -0.2) is 110 Å². The zero-order chi connectivity index (χ0) is 44.0. The SMILES string of the molecule is CNc1cc2nc[nH]c(=O)c2c(Nc2cccc3c2ccn3CCOCCOCC(=O)N[C@H](C(=O)N2C[C@H](O)C[C@H]2C(=O)NCc2ccc(-c3scnc3C)cc2)C(C)(C)C)n1. The molecular weight excluding hydrogens is 813 g/mol. The fraction of sp³-hybridized carbons (Fsp3) is 0.386. The fourth-order valence-corrected chi connectivity index (χ4v) is 8.31. The summed E-state index contributed by atoms with van der Waals surface area (Å²) >= 11 is 1.57. The molecule has 5 heterocycles. The van der Waals surface area contributed by atoms with Crippen LogP contribution in [0.15, 0.2) is 77.4 Å². The van der Waals surface area contributed by atoms with Crippen molar-refractivity contribution in [1.29, 1.82) is 0 Å². The van der Waals surface area contributed by atoms with Gasteiger partial charge in [0.1, 0.15) is 35.7 Å². The maximum Gasteiger partial charge on any atom is 0.262 e. The summed E-state index contributed by atoms with van der Waals surface area (Å²) in [6.45, 7) is 8.71. The van der Waals surface area contributed by atoms with Gasteiger partial charge in [-0.2, -0.15) is 0 Å². The van der Waals surface area contributed by atoms with E-state index in [4.69, 9.17) is 9.47 Å². The quantitative estimate of drug-likeness (QED) is 0.0707. The number of anilines is 3. The number of aromatic amines is 1. The Kier molecular flexibility index (Phi) is 13.6. The summed E-state index contributed by atoms with van der Waals surface area (Å²) < 4.78 is 13.5. The number of carbonyl (C=O) groups is 3. The van der Waals surface area contributed by atoms with E-state index in [9.17, 15) is 24.3 Å². The van der Waals surface area contributed by atoms with Gasteiger partial charge in [-0.15, -0.1) is 11.3 Å². The molecule has 0 radical (unpaired) electrons. The van der Waals surface area contributed by atoms with E-state index in [1.54, 1.807) is 24.5 Å². The monoisotopic (exact) mass is 864 g/mol. The van der Waals surface area contributed by atoms with E-state index in [1.807, 2.05) is 87.9 Å². The molecule has 0 bridgehead atoms. The van der Waals surface area contributed by atoms with Crippen LogP contribution in [0.1, 0.15) is 38.4 Å². The van der Waals surface area contributed by atoms with Crippen LogP contribution in [0.2, 0.25) is 0 Å². The van der Waals surface area contributed by atoms with Gasteiger partial charge in [0.05, 0.1) is 59.4 Å². The molecule has 0 unspecified atom stereocenters. The average molecular weight is 865 g/mol. The van der Waals surface area contributed by atoms with Crippen molar-refractivity contribution >= 4 is 68.2 Å². The van der Waals surface area contributed by atoms with Crippen LogP contribution in [0.5, 0.6) is 0 Å². The molecule has 326 valence electrons. The maximum absolute atomic E-state index is 14.0. The summed E-state index contributed by atoms with van der Waals surface area (Å²) in [6, 6.07) is 15.5. The minimum atomic E-state index is -0.973. The van der Waals surface area contributed by atoms with E-state index in [2.05, 4.69) is 45.8 Å². The summed E-state index contributed by atoms with van der Waals surface area (Å²) in [5.74, 6) is -0.351. The van der Waals surface area contributed by atoms with Gasteiger partial charge in [-0.05, 0) is 41.7 Å². The largest absolute Gasteiger partial charge is 0.391 e. The van der Waals surface area contributed by atoms with E-state index in [0.29, 0.717) is 35.7 Å². The number of aliphatic hydroxyl groups excluding tert-OH is 1. The van der Waals surface area contributed by atoms with E-state index in [0.717, 1.165) is 38.3 Å². The summed E-state index contributed by atoms with van der Waals surface area (Å²) in [7, 11) is 1.75. The highest BCUT2D eigenvalue weighted by atomic mass is 32.1. The first kappa shape index (κ1) is 43.9. The number of hydrogen-bond acceptors (Lipinski definition) is 13. The fourth-order valence-electron chi connectivity index (χ4n) is 7.49. The molecule has 1 aliphatic heterocycles. The third-order valence-corrected chi connectivity index (χ3v) is 11.7. The number of nitrogens with zero attached hydrogens (tertiary/aromatic N) is 5. The molecule has 0 saturated carbocycles. The molecule has 3 amide bonds. The number of likely N-dealkylation sites (tertiary alicyclic amines) is 1. The summed E-state index contributed by atoms with van der Waals surface area (Å²) in [4.78, 5) is 71.5. The van der Waals surface area contributed by atoms with Gasteiger partial charge in [0.2, 0.25) is 17.7 Å². The van der Waals surface area contributed by atoms with Gasteiger partial charge in [-0.3, -0.25) is 19.2 Å². The minimum absolute atomic E-state index is 0.0204. The van der Waals surface area contributed by atoms with Gasteiger partial charge in [-0.1, -0.05) is 51.1 Å². The number of carbonyl (C=O) groups excluding carboxylic acids is 3. The number of pyridine rings is 1. The molecule has 18 heteroatoms. The van der Waals surface area contributed by atoms with E-state index in [-0.39, 0.29) is 50.8 Å². The van der Waals surface area contributed by atoms with Crippen LogP contribution in [0.3, 0.4) is 0 Å².